The minimum atomic E-state index is -3.55. The van der Waals surface area contributed by atoms with Gasteiger partial charge in [-0.2, -0.15) is 0 Å². The average molecular weight is 336 g/mol. The molecule has 1 atom stereocenters. The summed E-state index contributed by atoms with van der Waals surface area (Å²) in [5.41, 5.74) is 0. The molecule has 102 valence electrons. The minimum Gasteiger partial charge on any atom is -0.392 e. The van der Waals surface area contributed by atoms with Crippen LogP contribution in [0.25, 0.3) is 0 Å². The summed E-state index contributed by atoms with van der Waals surface area (Å²) in [5, 5.41) is 9.65. The summed E-state index contributed by atoms with van der Waals surface area (Å²) in [7, 11) is -3.55. The molecule has 0 amide bonds. The normalized spacial score (nSPS) is 13.8. The van der Waals surface area contributed by atoms with Crippen molar-refractivity contribution < 1.29 is 13.5 Å². The van der Waals surface area contributed by atoms with Crippen molar-refractivity contribution in [3.05, 3.63) is 28.7 Å². The van der Waals surface area contributed by atoms with Crippen molar-refractivity contribution >= 4 is 26.0 Å². The predicted molar refractivity (Wildman–Crippen MR) is 74.8 cm³/mol. The van der Waals surface area contributed by atoms with Gasteiger partial charge in [-0.1, -0.05) is 35.8 Å². The van der Waals surface area contributed by atoms with Crippen LogP contribution in [0.4, 0.5) is 0 Å². The quantitative estimate of drug-likeness (QED) is 0.836. The number of sulfonamides is 1. The third-order valence-corrected chi connectivity index (χ3v) is 4.27. The van der Waals surface area contributed by atoms with Gasteiger partial charge in [0.1, 0.15) is 0 Å². The van der Waals surface area contributed by atoms with Gasteiger partial charge in [0.2, 0.25) is 10.0 Å². The number of hydrogen-bond donors (Lipinski definition) is 2. The highest BCUT2D eigenvalue weighted by molar-refractivity contribution is 9.10. The molecule has 0 saturated carbocycles. The molecule has 1 aromatic rings. The first-order valence-electron chi connectivity index (χ1n) is 5.74. The molecule has 6 heteroatoms. The van der Waals surface area contributed by atoms with Gasteiger partial charge in [0.15, 0.2) is 0 Å². The first-order valence-corrected chi connectivity index (χ1v) is 8.02. The van der Waals surface area contributed by atoms with Gasteiger partial charge in [0.05, 0.1) is 11.0 Å². The van der Waals surface area contributed by atoms with Crippen LogP contribution in [0.1, 0.15) is 20.3 Å². The van der Waals surface area contributed by atoms with Gasteiger partial charge in [-0.15, -0.1) is 0 Å². The number of rotatable bonds is 6. The van der Waals surface area contributed by atoms with E-state index in [2.05, 4.69) is 20.7 Å². The Morgan fingerprint density at radius 1 is 1.39 bits per heavy atom. The molecule has 0 fully saturated rings. The van der Waals surface area contributed by atoms with E-state index < -0.39 is 16.1 Å². The molecule has 0 aliphatic rings. The number of aliphatic hydroxyl groups excluding tert-OH is 1. The number of benzene rings is 1. The van der Waals surface area contributed by atoms with Gasteiger partial charge in [0.25, 0.3) is 0 Å². The fourth-order valence-corrected chi connectivity index (χ4v) is 3.22. The highest BCUT2D eigenvalue weighted by Crippen LogP contribution is 2.16. The van der Waals surface area contributed by atoms with Gasteiger partial charge < -0.3 is 5.11 Å². The maximum Gasteiger partial charge on any atom is 0.240 e. The summed E-state index contributed by atoms with van der Waals surface area (Å²) >= 11 is 3.23. The molecule has 0 aliphatic carbocycles. The Balaban J connectivity index is 2.66. The summed E-state index contributed by atoms with van der Waals surface area (Å²) in [5.74, 6) is 0.329. The molecule has 1 unspecified atom stereocenters. The van der Waals surface area contributed by atoms with Crippen molar-refractivity contribution in [3.8, 4) is 0 Å². The Kier molecular flexibility index (Phi) is 5.78. The second-order valence-electron chi connectivity index (χ2n) is 4.59. The number of nitrogens with one attached hydrogen (secondary N) is 1. The summed E-state index contributed by atoms with van der Waals surface area (Å²) in [6, 6.07) is 6.45. The van der Waals surface area contributed by atoms with Gasteiger partial charge >= 0.3 is 0 Å². The van der Waals surface area contributed by atoms with E-state index >= 15 is 0 Å². The van der Waals surface area contributed by atoms with E-state index in [-0.39, 0.29) is 11.4 Å². The van der Waals surface area contributed by atoms with Crippen LogP contribution in [-0.4, -0.2) is 26.2 Å². The fourth-order valence-electron chi connectivity index (χ4n) is 1.55. The molecular formula is C12H18BrNO3S. The maximum atomic E-state index is 11.9. The van der Waals surface area contributed by atoms with E-state index in [1.165, 1.54) is 12.1 Å². The molecule has 0 saturated heterocycles. The molecule has 0 radical (unpaired) electrons. The lowest BCUT2D eigenvalue weighted by Gasteiger charge is -2.14. The SMILES string of the molecule is CC(C)CC(O)CNS(=O)(=O)c1cccc(Br)c1. The zero-order valence-electron chi connectivity index (χ0n) is 10.4. The van der Waals surface area contributed by atoms with Crippen LogP contribution in [0.2, 0.25) is 0 Å². The highest BCUT2D eigenvalue weighted by atomic mass is 79.9. The van der Waals surface area contributed by atoms with Gasteiger partial charge in [0, 0.05) is 11.0 Å². The van der Waals surface area contributed by atoms with E-state index in [1.54, 1.807) is 12.1 Å². The standard InChI is InChI=1S/C12H18BrNO3S/c1-9(2)6-11(15)8-14-18(16,17)12-5-3-4-10(13)7-12/h3-5,7,9,11,14-15H,6,8H2,1-2H3. The molecule has 0 bridgehead atoms. The molecule has 18 heavy (non-hydrogen) atoms. The van der Waals surface area contributed by atoms with Gasteiger partial charge in [-0.05, 0) is 30.5 Å². The van der Waals surface area contributed by atoms with E-state index in [0.29, 0.717) is 16.8 Å². The fraction of sp³-hybridized carbons (Fsp3) is 0.500. The smallest absolute Gasteiger partial charge is 0.240 e. The summed E-state index contributed by atoms with van der Waals surface area (Å²) in [6.45, 7) is 3.99. The lowest BCUT2D eigenvalue weighted by atomic mass is 10.1. The van der Waals surface area contributed by atoms with Gasteiger partial charge in [-0.3, -0.25) is 0 Å². The molecule has 0 aromatic heterocycles. The van der Waals surface area contributed by atoms with Crippen molar-refractivity contribution in [2.45, 2.75) is 31.3 Å². The van der Waals surface area contributed by atoms with Crippen LogP contribution < -0.4 is 4.72 Å². The highest BCUT2D eigenvalue weighted by Gasteiger charge is 2.16. The molecule has 0 heterocycles. The molecular weight excluding hydrogens is 318 g/mol. The Bertz CT molecular complexity index is 488. The molecule has 2 N–H and O–H groups in total. The van der Waals surface area contributed by atoms with Crippen molar-refractivity contribution in [2.75, 3.05) is 6.54 Å². The summed E-state index contributed by atoms with van der Waals surface area (Å²) in [4.78, 5) is 0.189. The lowest BCUT2D eigenvalue weighted by Crippen LogP contribution is -2.32. The lowest BCUT2D eigenvalue weighted by molar-refractivity contribution is 0.152. The van der Waals surface area contributed by atoms with Crippen LogP contribution >= 0.6 is 15.9 Å². The van der Waals surface area contributed by atoms with Gasteiger partial charge in [-0.25, -0.2) is 13.1 Å². The van der Waals surface area contributed by atoms with Crippen molar-refractivity contribution in [3.63, 3.8) is 0 Å². The number of hydrogen-bond acceptors (Lipinski definition) is 3. The van der Waals surface area contributed by atoms with E-state index in [0.717, 1.165) is 0 Å². The third kappa shape index (κ3) is 5.06. The minimum absolute atomic E-state index is 0.0347. The van der Waals surface area contributed by atoms with Crippen molar-refractivity contribution in [1.29, 1.82) is 0 Å². The number of aliphatic hydroxyl groups is 1. The van der Waals surface area contributed by atoms with Crippen LogP contribution in [0.3, 0.4) is 0 Å². The Morgan fingerprint density at radius 2 is 2.06 bits per heavy atom. The summed E-state index contributed by atoms with van der Waals surface area (Å²) < 4.78 is 27.0. The van der Waals surface area contributed by atoms with E-state index in [1.807, 2.05) is 13.8 Å². The van der Waals surface area contributed by atoms with Crippen LogP contribution in [0.5, 0.6) is 0 Å². The summed E-state index contributed by atoms with van der Waals surface area (Å²) in [6.07, 6.45) is -0.0898. The maximum absolute atomic E-state index is 11.9. The first-order chi connectivity index (χ1) is 8.31. The molecule has 0 spiro atoms. The van der Waals surface area contributed by atoms with Crippen LogP contribution in [0.15, 0.2) is 33.6 Å². The van der Waals surface area contributed by atoms with E-state index in [9.17, 15) is 13.5 Å². The zero-order chi connectivity index (χ0) is 13.8. The van der Waals surface area contributed by atoms with E-state index in [4.69, 9.17) is 0 Å². The molecule has 4 nitrogen and oxygen atoms in total. The second kappa shape index (κ2) is 6.65. The number of halogens is 1. The average Bonchev–Trinajstić information content (AvgIpc) is 2.26. The largest absolute Gasteiger partial charge is 0.392 e. The third-order valence-electron chi connectivity index (χ3n) is 2.36. The Morgan fingerprint density at radius 3 is 2.61 bits per heavy atom. The topological polar surface area (TPSA) is 66.4 Å². The predicted octanol–water partition coefficient (Wildman–Crippen LogP) is 2.13. The first kappa shape index (κ1) is 15.6. The van der Waals surface area contributed by atoms with Crippen molar-refractivity contribution in [1.82, 2.24) is 4.72 Å². The molecule has 1 rings (SSSR count). The zero-order valence-corrected chi connectivity index (χ0v) is 12.8. The molecule has 0 aliphatic heterocycles. The second-order valence-corrected chi connectivity index (χ2v) is 7.28. The molecule has 1 aromatic carbocycles. The van der Waals surface area contributed by atoms with Crippen LogP contribution in [0, 0.1) is 5.92 Å². The monoisotopic (exact) mass is 335 g/mol. The van der Waals surface area contributed by atoms with Crippen LogP contribution in [-0.2, 0) is 10.0 Å². The van der Waals surface area contributed by atoms with Crippen molar-refractivity contribution in [2.24, 2.45) is 5.92 Å². The Labute approximate surface area is 117 Å². The Hall–Kier alpha value is -0.430.